The first-order valence-corrected chi connectivity index (χ1v) is 34.4. The van der Waals surface area contributed by atoms with Gasteiger partial charge in [-0.25, -0.2) is 32.3 Å². The maximum Gasteiger partial charge on any atom is 0.409 e. The normalized spacial score (nSPS) is 14.3. The summed E-state index contributed by atoms with van der Waals surface area (Å²) in [5.41, 5.74) is 11.8. The molecule has 4 aliphatic heterocycles. The molecule has 0 atom stereocenters. The fourth-order valence-corrected chi connectivity index (χ4v) is 11.4. The number of anilines is 6. The summed E-state index contributed by atoms with van der Waals surface area (Å²) in [6.07, 6.45) is 4.03. The summed E-state index contributed by atoms with van der Waals surface area (Å²) >= 11 is 0. The zero-order valence-electron chi connectivity index (χ0n) is 62.0. The van der Waals surface area contributed by atoms with Crippen molar-refractivity contribution in [2.45, 2.75) is 67.7 Å². The Balaban J connectivity index is 0.000000250. The van der Waals surface area contributed by atoms with Crippen molar-refractivity contribution in [3.8, 4) is 0 Å². The summed E-state index contributed by atoms with van der Waals surface area (Å²) < 4.78 is 66.7. The van der Waals surface area contributed by atoms with E-state index in [2.05, 4.69) is 65.7 Å². The molecular formula is C74H94Cl2F4N18O11. The standard InChI is InChI=1S/2C20H24FN5O2.C13H16FN3O4.C13H18FN3O2.C8H10N2O.2ClH/c2*1-14-6-7-17(12-22-14)23-20(28)24-18-5-3-4-16(19(18)21)13-25-8-10-26(11-9-25)15(2)27;1-21-13(18)16-7-5-15(6-8-16)9-10-3-2-4-11(12(10)14)17(19)20;1-19-13(18)17-7-5-16(6-8-17)9-10-3-2-4-11(15)12(10)14;1-6-3-4-8(5-9-6)10-7(2)11;;/h2*3-7,12H,8-11,13H2,1-2H3,(H2,23,24,28);2-4H,5-9H2,1H3;2-4H,5-9,15H2,1H3;3-5H,1-2H3,(H,10,11);2*1H. The van der Waals surface area contributed by atoms with Crippen LogP contribution >= 0.6 is 24.8 Å². The maximum absolute atomic E-state index is 14.8. The number of benzene rings is 4. The minimum absolute atomic E-state index is 0. The molecule has 588 valence electrons. The Hall–Kier alpha value is -10.8. The first-order valence-electron chi connectivity index (χ1n) is 34.4. The smallest absolute Gasteiger partial charge is 0.409 e. The molecule has 7 aromatic rings. The van der Waals surface area contributed by atoms with Gasteiger partial charge >= 0.3 is 29.9 Å². The number of nitro benzene ring substituents is 1. The molecule has 29 nitrogen and oxygen atoms in total. The number of methoxy groups -OCH3 is 2. The van der Waals surface area contributed by atoms with Crippen LogP contribution in [-0.2, 0) is 50.0 Å². The molecule has 0 radical (unpaired) electrons. The molecule has 0 bridgehead atoms. The number of nitro groups is 1. The topological polar surface area (TPSA) is 332 Å². The number of pyridine rings is 3. The molecule has 0 saturated carbocycles. The van der Waals surface area contributed by atoms with Gasteiger partial charge in [0, 0.05) is 197 Å². The molecular weight excluding hydrogens is 1460 g/mol. The Bertz CT molecular complexity index is 4010. The van der Waals surface area contributed by atoms with Gasteiger partial charge in [-0.15, -0.1) is 24.8 Å². The van der Waals surface area contributed by atoms with E-state index in [-0.39, 0.29) is 89.7 Å². The third kappa shape index (κ3) is 28.7. The van der Waals surface area contributed by atoms with E-state index in [4.69, 9.17) is 5.73 Å². The number of aryl methyl sites for hydroxylation is 3. The molecule has 35 heteroatoms. The van der Waals surface area contributed by atoms with Gasteiger partial charge in [-0.1, -0.05) is 48.5 Å². The van der Waals surface area contributed by atoms with Crippen LogP contribution in [0.5, 0.6) is 0 Å². The Labute approximate surface area is 642 Å². The van der Waals surface area contributed by atoms with Crippen LogP contribution < -0.4 is 32.3 Å². The van der Waals surface area contributed by atoms with Gasteiger partial charge in [0.05, 0.1) is 71.9 Å². The Morgan fingerprint density at radius 3 is 1.03 bits per heavy atom. The summed E-state index contributed by atoms with van der Waals surface area (Å²) in [4.78, 5) is 118. The highest BCUT2D eigenvalue weighted by molar-refractivity contribution is 6.00. The quantitative estimate of drug-likeness (QED) is 0.0255. The van der Waals surface area contributed by atoms with Crippen LogP contribution in [0.15, 0.2) is 128 Å². The number of ether oxygens (including phenoxy) is 2. The van der Waals surface area contributed by atoms with E-state index in [1.165, 1.54) is 45.4 Å². The molecule has 4 aliphatic rings. The molecule has 109 heavy (non-hydrogen) atoms. The molecule has 7 heterocycles. The lowest BCUT2D eigenvalue weighted by Gasteiger charge is -2.34. The van der Waals surface area contributed by atoms with Gasteiger partial charge in [0.2, 0.25) is 23.5 Å². The average molecular weight is 1560 g/mol. The summed E-state index contributed by atoms with van der Waals surface area (Å²) in [6, 6.07) is 28.7. The number of nitrogens with two attached hydrogens (primary N) is 1. The highest BCUT2D eigenvalue weighted by Crippen LogP contribution is 2.26. The number of hydrogen-bond acceptors (Lipinski definition) is 19. The Kier molecular flexibility index (Phi) is 36.2. The van der Waals surface area contributed by atoms with E-state index < -0.39 is 40.1 Å². The lowest BCUT2D eigenvalue weighted by Crippen LogP contribution is -2.48. The van der Waals surface area contributed by atoms with Crippen LogP contribution in [0.1, 0.15) is 60.1 Å². The minimum atomic E-state index is -0.794. The second kappa shape index (κ2) is 44.5. The van der Waals surface area contributed by atoms with Gasteiger partial charge in [0.15, 0.2) is 17.5 Å². The number of rotatable bonds is 14. The highest BCUT2D eigenvalue weighted by atomic mass is 35.5. The van der Waals surface area contributed by atoms with Crippen molar-refractivity contribution in [3.63, 3.8) is 0 Å². The summed E-state index contributed by atoms with van der Waals surface area (Å²) in [7, 11) is 2.70. The summed E-state index contributed by atoms with van der Waals surface area (Å²) in [6.45, 7) is 21.9. The molecule has 4 aromatic carbocycles. The Morgan fingerprint density at radius 2 is 0.725 bits per heavy atom. The van der Waals surface area contributed by atoms with E-state index >= 15 is 0 Å². The van der Waals surface area contributed by atoms with E-state index in [0.29, 0.717) is 152 Å². The van der Waals surface area contributed by atoms with E-state index in [9.17, 15) is 61.2 Å². The van der Waals surface area contributed by atoms with Gasteiger partial charge in [-0.05, 0) is 75.4 Å². The number of carbonyl (C=O) groups excluding carboxylic acids is 7. The monoisotopic (exact) mass is 1560 g/mol. The fraction of sp³-hybridized carbons (Fsp3) is 0.378. The molecule has 7 N–H and O–H groups in total. The second-order valence-corrected chi connectivity index (χ2v) is 25.3. The summed E-state index contributed by atoms with van der Waals surface area (Å²) in [5.74, 6) is -1.99. The van der Waals surface area contributed by atoms with Crippen molar-refractivity contribution in [2.24, 2.45) is 0 Å². The van der Waals surface area contributed by atoms with Gasteiger partial charge < -0.3 is 61.4 Å². The van der Waals surface area contributed by atoms with Crippen molar-refractivity contribution in [1.82, 2.24) is 54.2 Å². The van der Waals surface area contributed by atoms with Gasteiger partial charge in [0.1, 0.15) is 0 Å². The lowest BCUT2D eigenvalue weighted by molar-refractivity contribution is -0.387. The van der Waals surface area contributed by atoms with Crippen LogP contribution in [0.2, 0.25) is 0 Å². The first kappa shape index (κ1) is 88.8. The van der Waals surface area contributed by atoms with E-state index in [0.717, 1.165) is 28.8 Å². The molecule has 0 aliphatic carbocycles. The third-order valence-electron chi connectivity index (χ3n) is 17.4. The van der Waals surface area contributed by atoms with Gasteiger partial charge in [-0.2, -0.15) is 4.39 Å². The predicted molar refractivity (Wildman–Crippen MR) is 411 cm³/mol. The third-order valence-corrected chi connectivity index (χ3v) is 17.4. The molecule has 9 amide bonds. The number of nitrogens with one attached hydrogen (secondary N) is 5. The SMILES string of the molecule is CC(=O)N1CCN(Cc2cccc(NC(=O)Nc3ccc(C)nc3)c2F)CC1.CC(=O)N1CCN(Cc2cccc(NC(=O)Nc3ccc(C)nc3)c2F)CC1.CC(=O)Nc1ccc(C)nc1.COC(=O)N1CCN(Cc2cccc(N)c2F)CC1.COC(=O)N1CCN(Cc2cccc([N+](=O)[O-])c2F)CC1.Cl.Cl. The molecule has 0 spiro atoms. The van der Waals surface area contributed by atoms with Crippen LogP contribution in [0, 0.1) is 54.2 Å². The number of amides is 9. The van der Waals surface area contributed by atoms with Crippen molar-refractivity contribution < 1.29 is 65.5 Å². The Morgan fingerprint density at radius 1 is 0.422 bits per heavy atom. The van der Waals surface area contributed by atoms with Crippen molar-refractivity contribution in [2.75, 3.05) is 151 Å². The number of nitrogen functional groups attached to an aromatic ring is 1. The molecule has 0 unspecified atom stereocenters. The molecule has 4 fully saturated rings. The predicted octanol–water partition coefficient (Wildman–Crippen LogP) is 10.8. The number of piperazine rings is 4. The number of halogens is 6. The van der Waals surface area contributed by atoms with Crippen molar-refractivity contribution >= 4 is 107 Å². The van der Waals surface area contributed by atoms with Gasteiger partial charge in [0.25, 0.3) is 0 Å². The lowest BCUT2D eigenvalue weighted by atomic mass is 10.1. The zero-order chi connectivity index (χ0) is 77.7. The summed E-state index contributed by atoms with van der Waals surface area (Å²) in [5, 5.41) is 23.7. The fourth-order valence-electron chi connectivity index (χ4n) is 11.4. The molecule has 3 aromatic heterocycles. The van der Waals surface area contributed by atoms with Crippen molar-refractivity contribution in [1.29, 1.82) is 0 Å². The number of urea groups is 2. The first-order chi connectivity index (χ1) is 51.2. The maximum atomic E-state index is 14.8. The van der Waals surface area contributed by atoms with Gasteiger partial charge in [-0.3, -0.25) is 59.0 Å². The zero-order valence-corrected chi connectivity index (χ0v) is 63.7. The second-order valence-electron chi connectivity index (χ2n) is 25.3. The minimum Gasteiger partial charge on any atom is -0.453 e. The largest absolute Gasteiger partial charge is 0.453 e. The van der Waals surface area contributed by atoms with Crippen LogP contribution in [0.4, 0.5) is 76.6 Å². The van der Waals surface area contributed by atoms with Crippen molar-refractivity contribution in [3.05, 3.63) is 201 Å². The van der Waals surface area contributed by atoms with Crippen LogP contribution in [0.25, 0.3) is 0 Å². The van der Waals surface area contributed by atoms with Crippen LogP contribution in [-0.4, -0.2) is 220 Å². The number of aromatic nitrogens is 3. The van der Waals surface area contributed by atoms with E-state index in [1.807, 2.05) is 37.8 Å². The van der Waals surface area contributed by atoms with E-state index in [1.54, 1.807) is 119 Å². The average Bonchev–Trinajstić information content (AvgIpc) is 0.848. The van der Waals surface area contributed by atoms with Crippen LogP contribution in [0.3, 0.4) is 0 Å². The number of nitrogens with zero attached hydrogens (tertiary/aromatic N) is 12. The highest BCUT2D eigenvalue weighted by Gasteiger charge is 2.27. The number of carbonyl (C=O) groups is 7. The number of hydrogen-bond donors (Lipinski definition) is 6. The molecule has 11 rings (SSSR count). The molecule has 4 saturated heterocycles.